The molecule has 9 heteroatoms. The number of thioether (sulfide) groups is 1. The van der Waals surface area contributed by atoms with Crippen LogP contribution in [0.3, 0.4) is 0 Å². The highest BCUT2D eigenvalue weighted by Gasteiger charge is 2.35. The third kappa shape index (κ3) is 5.69. The van der Waals surface area contributed by atoms with Crippen LogP contribution in [0.4, 0.5) is 10.5 Å². The molecule has 4 aromatic rings. The lowest BCUT2D eigenvalue weighted by molar-refractivity contribution is -0.384. The number of hydrogen-bond acceptors (Lipinski definition) is 6. The van der Waals surface area contributed by atoms with Crippen molar-refractivity contribution < 1.29 is 14.5 Å². The summed E-state index contributed by atoms with van der Waals surface area (Å²) in [4.78, 5) is 39.8. The number of carbonyl (C=O) groups excluding carboxylic acids is 2. The average Bonchev–Trinajstić information content (AvgIpc) is 3.34. The van der Waals surface area contributed by atoms with Crippen LogP contribution in [0.2, 0.25) is 0 Å². The summed E-state index contributed by atoms with van der Waals surface area (Å²) in [6.07, 6.45) is 1.80. The number of rotatable bonds is 7. The minimum absolute atomic E-state index is 0.0695. The van der Waals surface area contributed by atoms with Gasteiger partial charge in [-0.3, -0.25) is 24.6 Å². The van der Waals surface area contributed by atoms with Gasteiger partial charge in [-0.15, -0.1) is 0 Å². The first kappa shape index (κ1) is 26.5. The van der Waals surface area contributed by atoms with Gasteiger partial charge in [-0.2, -0.15) is 0 Å². The Labute approximate surface area is 234 Å². The van der Waals surface area contributed by atoms with Crippen molar-refractivity contribution in [2.24, 2.45) is 0 Å². The third-order valence-electron chi connectivity index (χ3n) is 6.47. The van der Waals surface area contributed by atoms with Crippen LogP contribution in [-0.2, 0) is 11.3 Å². The number of aryl methyl sites for hydroxylation is 2. The van der Waals surface area contributed by atoms with Crippen LogP contribution < -0.4 is 0 Å². The summed E-state index contributed by atoms with van der Waals surface area (Å²) in [5, 5.41) is 10.6. The van der Waals surface area contributed by atoms with E-state index in [-0.39, 0.29) is 23.4 Å². The third-order valence-corrected chi connectivity index (χ3v) is 8.39. The topological polar surface area (TPSA) is 85.4 Å². The van der Waals surface area contributed by atoms with E-state index in [0.717, 1.165) is 55.3 Å². The maximum absolute atomic E-state index is 13.1. The van der Waals surface area contributed by atoms with Crippen LogP contribution in [0, 0.1) is 30.9 Å². The molecule has 0 bridgehead atoms. The molecule has 1 aliphatic rings. The molecule has 0 radical (unpaired) electrons. The Hall–Kier alpha value is -4.08. The molecule has 3 aromatic carbocycles. The highest BCUT2D eigenvalue weighted by molar-refractivity contribution is 8.18. The maximum atomic E-state index is 13.1. The molecule has 0 spiro atoms. The summed E-state index contributed by atoms with van der Waals surface area (Å²) in [6, 6.07) is 24.4. The summed E-state index contributed by atoms with van der Waals surface area (Å²) < 4.78 is 2.11. The van der Waals surface area contributed by atoms with Gasteiger partial charge < -0.3 is 4.57 Å². The minimum Gasteiger partial charge on any atom is -0.318 e. The number of aromatic nitrogens is 1. The Bertz CT molecular complexity index is 1610. The minimum atomic E-state index is -0.407. The van der Waals surface area contributed by atoms with Gasteiger partial charge in [0.25, 0.3) is 16.8 Å². The molecule has 2 amide bonds. The second-order valence-electron chi connectivity index (χ2n) is 9.26. The second-order valence-corrected chi connectivity index (χ2v) is 11.4. The number of benzene rings is 3. The molecule has 7 nitrogen and oxygen atoms in total. The van der Waals surface area contributed by atoms with Gasteiger partial charge in [0.05, 0.1) is 16.4 Å². The first-order chi connectivity index (χ1) is 18.7. The Morgan fingerprint density at radius 1 is 0.897 bits per heavy atom. The zero-order valence-corrected chi connectivity index (χ0v) is 23.2. The fourth-order valence-electron chi connectivity index (χ4n) is 4.42. The van der Waals surface area contributed by atoms with Crippen molar-refractivity contribution >= 4 is 46.4 Å². The second kappa shape index (κ2) is 11.0. The Balaban J connectivity index is 1.33. The summed E-state index contributed by atoms with van der Waals surface area (Å²) in [7, 11) is 0. The Morgan fingerprint density at radius 2 is 1.51 bits per heavy atom. The van der Waals surface area contributed by atoms with E-state index < -0.39 is 4.92 Å². The van der Waals surface area contributed by atoms with E-state index in [1.165, 1.54) is 28.8 Å². The highest BCUT2D eigenvalue weighted by Crippen LogP contribution is 2.35. The lowest BCUT2D eigenvalue weighted by atomic mass is 10.1. The molecule has 5 rings (SSSR count). The van der Waals surface area contributed by atoms with Crippen LogP contribution in [-0.4, -0.2) is 25.5 Å². The molecular formula is C30H25N3O4S2. The van der Waals surface area contributed by atoms with E-state index in [1.807, 2.05) is 75.4 Å². The lowest BCUT2D eigenvalue weighted by Gasteiger charge is -2.12. The van der Waals surface area contributed by atoms with Gasteiger partial charge in [-0.1, -0.05) is 41.6 Å². The first-order valence-electron chi connectivity index (χ1n) is 12.2. The summed E-state index contributed by atoms with van der Waals surface area (Å²) >= 11 is 2.50. The van der Waals surface area contributed by atoms with Gasteiger partial charge in [-0.05, 0) is 92.2 Å². The van der Waals surface area contributed by atoms with Gasteiger partial charge in [0.1, 0.15) is 0 Å². The van der Waals surface area contributed by atoms with Gasteiger partial charge in [0, 0.05) is 39.0 Å². The number of carbonyl (C=O) groups is 2. The van der Waals surface area contributed by atoms with E-state index in [1.54, 1.807) is 18.2 Å². The molecule has 39 heavy (non-hydrogen) atoms. The smallest absolute Gasteiger partial charge is 0.293 e. The number of nitrogens with zero attached hydrogens (tertiary/aromatic N) is 3. The number of imide groups is 1. The van der Waals surface area contributed by atoms with Crippen molar-refractivity contribution in [2.45, 2.75) is 37.1 Å². The van der Waals surface area contributed by atoms with E-state index in [2.05, 4.69) is 4.57 Å². The average molecular weight is 556 g/mol. The highest BCUT2D eigenvalue weighted by atomic mass is 32.2. The fraction of sp³-hybridized carbons (Fsp3) is 0.133. The van der Waals surface area contributed by atoms with Gasteiger partial charge in [-0.25, -0.2) is 0 Å². The summed E-state index contributed by atoms with van der Waals surface area (Å²) in [5.41, 5.74) is 5.95. The number of nitro benzene ring substituents is 1. The molecule has 1 aliphatic heterocycles. The summed E-state index contributed by atoms with van der Waals surface area (Å²) in [5.74, 6) is -0.275. The normalized spacial score (nSPS) is 14.4. The van der Waals surface area contributed by atoms with Gasteiger partial charge >= 0.3 is 0 Å². The molecule has 0 atom stereocenters. The Morgan fingerprint density at radius 3 is 2.13 bits per heavy atom. The van der Waals surface area contributed by atoms with Crippen molar-refractivity contribution in [2.75, 3.05) is 0 Å². The quantitative estimate of drug-likeness (QED) is 0.132. The largest absolute Gasteiger partial charge is 0.318 e. The zero-order valence-electron chi connectivity index (χ0n) is 21.6. The van der Waals surface area contributed by atoms with E-state index in [9.17, 15) is 19.7 Å². The first-order valence-corrected chi connectivity index (χ1v) is 13.9. The van der Waals surface area contributed by atoms with Crippen LogP contribution in [0.5, 0.6) is 0 Å². The number of hydrogen-bond donors (Lipinski definition) is 0. The predicted molar refractivity (Wildman–Crippen MR) is 155 cm³/mol. The van der Waals surface area contributed by atoms with Crippen LogP contribution in [0.15, 0.2) is 93.6 Å². The molecule has 2 heterocycles. The molecular weight excluding hydrogens is 530 g/mol. The molecule has 0 aliphatic carbocycles. The van der Waals surface area contributed by atoms with Crippen molar-refractivity contribution in [3.05, 3.63) is 122 Å². The van der Waals surface area contributed by atoms with Crippen LogP contribution in [0.25, 0.3) is 11.8 Å². The van der Waals surface area contributed by atoms with Crippen molar-refractivity contribution in [1.29, 1.82) is 0 Å². The van der Waals surface area contributed by atoms with Crippen LogP contribution in [0.1, 0.15) is 28.1 Å². The van der Waals surface area contributed by atoms with Gasteiger partial charge in [0.2, 0.25) is 0 Å². The SMILES string of the molecule is Cc1ccc(CN2C(=O)S/C(=C\c3cc(C)n(-c4ccc(Sc5ccc([N+](=O)[O-])cc5)cc4)c3C)C2=O)cc1. The van der Waals surface area contributed by atoms with Crippen molar-refractivity contribution in [3.8, 4) is 5.69 Å². The molecule has 1 saturated heterocycles. The summed E-state index contributed by atoms with van der Waals surface area (Å²) in [6.45, 7) is 6.26. The molecule has 196 valence electrons. The van der Waals surface area contributed by atoms with Crippen LogP contribution >= 0.6 is 23.5 Å². The number of nitro groups is 1. The maximum Gasteiger partial charge on any atom is 0.293 e. The molecule has 0 N–H and O–H groups in total. The fourth-order valence-corrected chi connectivity index (χ4v) is 6.07. The molecule has 0 unspecified atom stereocenters. The van der Waals surface area contributed by atoms with Crippen molar-refractivity contribution in [3.63, 3.8) is 0 Å². The monoisotopic (exact) mass is 555 g/mol. The van der Waals surface area contributed by atoms with Crippen molar-refractivity contribution in [1.82, 2.24) is 9.47 Å². The van der Waals surface area contributed by atoms with E-state index in [4.69, 9.17) is 0 Å². The predicted octanol–water partition coefficient (Wildman–Crippen LogP) is 7.70. The molecule has 1 aromatic heterocycles. The van der Waals surface area contributed by atoms with E-state index in [0.29, 0.717) is 4.91 Å². The standard InChI is InChI=1S/C30H25N3O4S2/c1-19-4-6-22(7-5-19)18-31-29(34)28(39-30(31)35)17-23-16-20(2)32(21(23)3)24-8-12-26(13-9-24)38-27-14-10-25(11-15-27)33(36)37/h4-17H,18H2,1-3H3/b28-17-. The number of non-ortho nitro benzene ring substituents is 1. The molecule has 1 fully saturated rings. The lowest BCUT2D eigenvalue weighted by Crippen LogP contribution is -2.27. The zero-order chi connectivity index (χ0) is 27.7. The number of amides is 2. The Kier molecular flexibility index (Phi) is 7.45. The van der Waals surface area contributed by atoms with E-state index >= 15 is 0 Å². The molecule has 0 saturated carbocycles. The van der Waals surface area contributed by atoms with Gasteiger partial charge in [0.15, 0.2) is 0 Å².